The van der Waals surface area contributed by atoms with Gasteiger partial charge in [0.25, 0.3) is 0 Å². The van der Waals surface area contributed by atoms with E-state index in [4.69, 9.17) is 16.7 Å². The van der Waals surface area contributed by atoms with Crippen molar-refractivity contribution in [1.82, 2.24) is 10.6 Å². The zero-order chi connectivity index (χ0) is 15.4. The van der Waals surface area contributed by atoms with Crippen LogP contribution in [0.3, 0.4) is 0 Å². The summed E-state index contributed by atoms with van der Waals surface area (Å²) in [6.45, 7) is 0.0293. The van der Waals surface area contributed by atoms with E-state index in [2.05, 4.69) is 10.6 Å². The third-order valence-corrected chi connectivity index (χ3v) is 3.94. The van der Waals surface area contributed by atoms with E-state index in [1.807, 2.05) is 0 Å². The molecule has 0 radical (unpaired) electrons. The summed E-state index contributed by atoms with van der Waals surface area (Å²) >= 11 is 5.67. The molecule has 1 fully saturated rings. The molecule has 3 N–H and O–H groups in total. The molecule has 0 saturated heterocycles. The lowest BCUT2D eigenvalue weighted by Gasteiger charge is -2.19. The number of benzene rings is 1. The molecule has 2 atom stereocenters. The first-order valence-corrected chi connectivity index (χ1v) is 7.07. The fourth-order valence-corrected chi connectivity index (χ4v) is 2.80. The predicted molar refractivity (Wildman–Crippen MR) is 75.5 cm³/mol. The molecule has 21 heavy (non-hydrogen) atoms. The molecule has 1 saturated carbocycles. The van der Waals surface area contributed by atoms with Crippen molar-refractivity contribution < 1.29 is 19.1 Å². The van der Waals surface area contributed by atoms with E-state index in [1.165, 1.54) is 6.07 Å². The number of amides is 2. The van der Waals surface area contributed by atoms with Crippen molar-refractivity contribution in [2.45, 2.75) is 31.8 Å². The normalized spacial score (nSPS) is 21.0. The lowest BCUT2D eigenvalue weighted by molar-refractivity contribution is -0.125. The Bertz CT molecular complexity index is 553. The summed E-state index contributed by atoms with van der Waals surface area (Å²) in [6.07, 6.45) is 0.903. The van der Waals surface area contributed by atoms with Crippen LogP contribution in [0, 0.1) is 11.7 Å². The number of carboxylic acid groups (broad SMARTS) is 1. The van der Waals surface area contributed by atoms with E-state index in [-0.39, 0.29) is 23.5 Å². The third kappa shape index (κ3) is 3.85. The van der Waals surface area contributed by atoms with E-state index in [0.29, 0.717) is 18.4 Å². The van der Waals surface area contributed by atoms with E-state index >= 15 is 0 Å². The lowest BCUT2D eigenvalue weighted by atomic mass is 10.0. The second-order valence-electron chi connectivity index (χ2n) is 5.02. The van der Waals surface area contributed by atoms with Crippen LogP contribution in [0.2, 0.25) is 5.02 Å². The highest BCUT2D eigenvalue weighted by Crippen LogP contribution is 2.26. The van der Waals surface area contributed by atoms with Gasteiger partial charge in [0.15, 0.2) is 0 Å². The van der Waals surface area contributed by atoms with Crippen LogP contribution in [-0.2, 0) is 11.3 Å². The highest BCUT2D eigenvalue weighted by Gasteiger charge is 2.33. The molecule has 1 aliphatic carbocycles. The van der Waals surface area contributed by atoms with Gasteiger partial charge in [0.05, 0.1) is 10.9 Å². The molecule has 2 rings (SSSR count). The van der Waals surface area contributed by atoms with Crippen LogP contribution in [0.5, 0.6) is 0 Å². The van der Waals surface area contributed by atoms with Gasteiger partial charge >= 0.3 is 6.09 Å². The van der Waals surface area contributed by atoms with Gasteiger partial charge in [0.1, 0.15) is 5.82 Å². The van der Waals surface area contributed by atoms with Crippen LogP contribution in [0.25, 0.3) is 0 Å². The van der Waals surface area contributed by atoms with Crippen molar-refractivity contribution in [3.05, 3.63) is 34.6 Å². The molecule has 0 heterocycles. The van der Waals surface area contributed by atoms with E-state index in [9.17, 15) is 14.0 Å². The maximum Gasteiger partial charge on any atom is 0.404 e. The molecule has 0 spiro atoms. The van der Waals surface area contributed by atoms with Crippen molar-refractivity contribution in [3.63, 3.8) is 0 Å². The molecule has 5 nitrogen and oxygen atoms in total. The molecule has 1 aliphatic rings. The highest BCUT2D eigenvalue weighted by atomic mass is 35.5. The summed E-state index contributed by atoms with van der Waals surface area (Å²) in [6, 6.07) is 4.21. The molecule has 7 heteroatoms. The maximum atomic E-state index is 13.7. The van der Waals surface area contributed by atoms with Crippen molar-refractivity contribution in [3.8, 4) is 0 Å². The molecule has 1 aromatic carbocycles. The van der Waals surface area contributed by atoms with E-state index in [1.54, 1.807) is 12.1 Å². The van der Waals surface area contributed by atoms with Gasteiger partial charge in [-0.15, -0.1) is 0 Å². The van der Waals surface area contributed by atoms with Gasteiger partial charge in [-0.05, 0) is 18.9 Å². The Morgan fingerprint density at radius 2 is 2.14 bits per heavy atom. The zero-order valence-electron chi connectivity index (χ0n) is 11.2. The number of carbonyl (C=O) groups excluding carboxylic acids is 1. The number of hydrogen-bond acceptors (Lipinski definition) is 2. The number of halogens is 2. The predicted octanol–water partition coefficient (Wildman–Crippen LogP) is 2.53. The van der Waals surface area contributed by atoms with Gasteiger partial charge in [-0.25, -0.2) is 9.18 Å². The summed E-state index contributed by atoms with van der Waals surface area (Å²) in [5.41, 5.74) is 0.302. The maximum absolute atomic E-state index is 13.7. The van der Waals surface area contributed by atoms with Gasteiger partial charge in [-0.1, -0.05) is 30.2 Å². The van der Waals surface area contributed by atoms with E-state index in [0.717, 1.165) is 6.42 Å². The van der Waals surface area contributed by atoms with Crippen LogP contribution in [0.1, 0.15) is 24.8 Å². The Morgan fingerprint density at radius 1 is 1.38 bits per heavy atom. The summed E-state index contributed by atoms with van der Waals surface area (Å²) in [5.74, 6) is -1.24. The number of rotatable bonds is 4. The molecule has 2 amide bonds. The molecule has 0 bridgehead atoms. The van der Waals surface area contributed by atoms with Crippen molar-refractivity contribution in [2.24, 2.45) is 5.92 Å². The number of hydrogen-bond donors (Lipinski definition) is 3. The summed E-state index contributed by atoms with van der Waals surface area (Å²) in [5, 5.41) is 13.7. The third-order valence-electron chi connectivity index (χ3n) is 3.65. The van der Waals surface area contributed by atoms with Crippen LogP contribution in [0.15, 0.2) is 18.2 Å². The minimum absolute atomic E-state index is 0.00744. The van der Waals surface area contributed by atoms with Crippen LogP contribution >= 0.6 is 11.6 Å². The van der Waals surface area contributed by atoms with Crippen LogP contribution < -0.4 is 10.6 Å². The van der Waals surface area contributed by atoms with Gasteiger partial charge in [0.2, 0.25) is 5.91 Å². The fourth-order valence-electron chi connectivity index (χ4n) is 2.60. The largest absolute Gasteiger partial charge is 0.465 e. The zero-order valence-corrected chi connectivity index (χ0v) is 12.0. The SMILES string of the molecule is O=C(O)N[C@@H]1CCC[C@H]1C(=O)NCc1cccc(Cl)c1F. The Balaban J connectivity index is 1.95. The average molecular weight is 315 g/mol. The Kier molecular flexibility index (Phi) is 5.01. The summed E-state index contributed by atoms with van der Waals surface area (Å²) in [4.78, 5) is 22.8. The minimum Gasteiger partial charge on any atom is -0.465 e. The Hall–Kier alpha value is -1.82. The Labute approximate surface area is 126 Å². The minimum atomic E-state index is -1.14. The quantitative estimate of drug-likeness (QED) is 0.799. The van der Waals surface area contributed by atoms with E-state index < -0.39 is 17.8 Å². The van der Waals surface area contributed by atoms with Crippen molar-refractivity contribution in [1.29, 1.82) is 0 Å². The standard InChI is InChI=1S/C14H16ClFN2O3/c15-10-5-1-3-8(12(10)16)7-17-13(19)9-4-2-6-11(9)18-14(20)21/h1,3,5,9,11,18H,2,4,6-7H2,(H,17,19)(H,20,21)/t9-,11-/m1/s1. The smallest absolute Gasteiger partial charge is 0.404 e. The number of nitrogens with one attached hydrogen (secondary N) is 2. The first-order valence-electron chi connectivity index (χ1n) is 6.69. The summed E-state index contributed by atoms with van der Waals surface area (Å²) in [7, 11) is 0. The Morgan fingerprint density at radius 3 is 2.86 bits per heavy atom. The number of carbonyl (C=O) groups is 2. The van der Waals surface area contributed by atoms with Crippen LogP contribution in [-0.4, -0.2) is 23.1 Å². The van der Waals surface area contributed by atoms with Gasteiger partial charge in [-0.3, -0.25) is 4.79 Å². The lowest BCUT2D eigenvalue weighted by Crippen LogP contribution is -2.43. The topological polar surface area (TPSA) is 78.4 Å². The fraction of sp³-hybridized carbons (Fsp3) is 0.429. The second kappa shape index (κ2) is 6.76. The van der Waals surface area contributed by atoms with Gasteiger partial charge in [0, 0.05) is 18.2 Å². The van der Waals surface area contributed by atoms with Crippen molar-refractivity contribution in [2.75, 3.05) is 0 Å². The molecular weight excluding hydrogens is 299 g/mol. The first kappa shape index (κ1) is 15.6. The monoisotopic (exact) mass is 314 g/mol. The first-order chi connectivity index (χ1) is 9.99. The summed E-state index contributed by atoms with van der Waals surface area (Å²) < 4.78 is 13.7. The van der Waals surface area contributed by atoms with Gasteiger partial charge in [-0.2, -0.15) is 0 Å². The van der Waals surface area contributed by atoms with Crippen LogP contribution in [0.4, 0.5) is 9.18 Å². The molecule has 0 aromatic heterocycles. The van der Waals surface area contributed by atoms with Crippen molar-refractivity contribution >= 4 is 23.6 Å². The average Bonchev–Trinajstić information content (AvgIpc) is 2.87. The molecule has 1 aromatic rings. The molecule has 0 aliphatic heterocycles. The molecule has 0 unspecified atom stereocenters. The van der Waals surface area contributed by atoms with Gasteiger partial charge < -0.3 is 15.7 Å². The molecular formula is C14H16ClFN2O3. The molecule has 114 valence electrons. The highest BCUT2D eigenvalue weighted by molar-refractivity contribution is 6.30. The second-order valence-corrected chi connectivity index (χ2v) is 5.43.